The smallest absolute Gasteiger partial charge is 0.274 e. The molecule has 2 heterocycles. The van der Waals surface area contributed by atoms with Crippen LogP contribution in [0.15, 0.2) is 12.4 Å². The number of nitrogens with zero attached hydrogens (tertiary/aromatic N) is 4. The van der Waals surface area contributed by atoms with Crippen LogP contribution < -0.4 is 0 Å². The van der Waals surface area contributed by atoms with Gasteiger partial charge in [-0.1, -0.05) is 0 Å². The molecule has 0 unspecified atom stereocenters. The summed E-state index contributed by atoms with van der Waals surface area (Å²) in [4.78, 5) is 24.9. The second-order valence-electron chi connectivity index (χ2n) is 5.02. The predicted molar refractivity (Wildman–Crippen MR) is 75.6 cm³/mol. The van der Waals surface area contributed by atoms with Gasteiger partial charge in [0.2, 0.25) is 0 Å². The SMILES string of the molecule is COCCN1CCCN(C(=O)c2cnc(C)cn2)CC1. The lowest BCUT2D eigenvalue weighted by Crippen LogP contribution is -2.36. The normalized spacial score (nSPS) is 17.0. The van der Waals surface area contributed by atoms with Crippen molar-refractivity contribution in [3.05, 3.63) is 23.8 Å². The molecule has 0 N–H and O–H groups in total. The Morgan fingerprint density at radius 3 is 2.80 bits per heavy atom. The van der Waals surface area contributed by atoms with E-state index in [-0.39, 0.29) is 5.91 Å². The topological polar surface area (TPSA) is 58.6 Å². The molecule has 0 saturated carbocycles. The molecule has 0 aromatic carbocycles. The minimum atomic E-state index is -0.0221. The van der Waals surface area contributed by atoms with E-state index in [1.807, 2.05) is 11.8 Å². The third kappa shape index (κ3) is 3.98. The van der Waals surface area contributed by atoms with Crippen molar-refractivity contribution >= 4 is 5.91 Å². The van der Waals surface area contributed by atoms with Crippen molar-refractivity contribution in [2.75, 3.05) is 46.4 Å². The van der Waals surface area contributed by atoms with Crippen molar-refractivity contribution in [3.63, 3.8) is 0 Å². The van der Waals surface area contributed by atoms with E-state index in [0.29, 0.717) is 5.69 Å². The molecule has 0 bridgehead atoms. The summed E-state index contributed by atoms with van der Waals surface area (Å²) in [5.74, 6) is -0.0221. The highest BCUT2D eigenvalue weighted by molar-refractivity contribution is 5.92. The van der Waals surface area contributed by atoms with Gasteiger partial charge >= 0.3 is 0 Å². The Labute approximate surface area is 119 Å². The molecule has 1 aliphatic rings. The molecule has 1 amide bonds. The average Bonchev–Trinajstić information content (AvgIpc) is 2.70. The van der Waals surface area contributed by atoms with Crippen LogP contribution in [0.2, 0.25) is 0 Å². The highest BCUT2D eigenvalue weighted by Gasteiger charge is 2.21. The molecule has 0 spiro atoms. The Kier molecular flexibility index (Phi) is 5.43. The van der Waals surface area contributed by atoms with E-state index in [1.165, 1.54) is 0 Å². The van der Waals surface area contributed by atoms with Crippen LogP contribution in [0.3, 0.4) is 0 Å². The lowest BCUT2D eigenvalue weighted by molar-refractivity contribution is 0.0752. The van der Waals surface area contributed by atoms with E-state index >= 15 is 0 Å². The average molecular weight is 278 g/mol. The molecule has 20 heavy (non-hydrogen) atoms. The second-order valence-corrected chi connectivity index (χ2v) is 5.02. The van der Waals surface area contributed by atoms with Crippen LogP contribution in [0.1, 0.15) is 22.6 Å². The fraction of sp³-hybridized carbons (Fsp3) is 0.643. The Bertz CT molecular complexity index is 435. The Balaban J connectivity index is 1.92. The Morgan fingerprint density at radius 1 is 1.25 bits per heavy atom. The van der Waals surface area contributed by atoms with Gasteiger partial charge in [-0.25, -0.2) is 4.98 Å². The van der Waals surface area contributed by atoms with E-state index in [1.54, 1.807) is 19.5 Å². The number of amides is 1. The minimum absolute atomic E-state index is 0.0221. The highest BCUT2D eigenvalue weighted by Crippen LogP contribution is 2.07. The number of rotatable bonds is 4. The highest BCUT2D eigenvalue weighted by atomic mass is 16.5. The quantitative estimate of drug-likeness (QED) is 0.806. The van der Waals surface area contributed by atoms with Crippen LogP contribution in [-0.2, 0) is 4.74 Å². The summed E-state index contributed by atoms with van der Waals surface area (Å²) < 4.78 is 5.10. The molecular formula is C14H22N4O2. The van der Waals surface area contributed by atoms with E-state index in [4.69, 9.17) is 4.74 Å². The van der Waals surface area contributed by atoms with Crippen LogP contribution in [-0.4, -0.2) is 72.1 Å². The largest absolute Gasteiger partial charge is 0.383 e. The van der Waals surface area contributed by atoms with Gasteiger partial charge in [-0.05, 0) is 19.9 Å². The molecule has 1 fully saturated rings. The molecule has 110 valence electrons. The maximum Gasteiger partial charge on any atom is 0.274 e. The van der Waals surface area contributed by atoms with Gasteiger partial charge in [-0.15, -0.1) is 0 Å². The third-order valence-corrected chi connectivity index (χ3v) is 3.49. The second kappa shape index (κ2) is 7.31. The van der Waals surface area contributed by atoms with Crippen molar-refractivity contribution in [1.29, 1.82) is 0 Å². The van der Waals surface area contributed by atoms with Gasteiger partial charge in [0.25, 0.3) is 5.91 Å². The summed E-state index contributed by atoms with van der Waals surface area (Å²) in [6.07, 6.45) is 4.18. The maximum absolute atomic E-state index is 12.4. The van der Waals surface area contributed by atoms with Crippen LogP contribution in [0.5, 0.6) is 0 Å². The van der Waals surface area contributed by atoms with Gasteiger partial charge in [0.1, 0.15) is 5.69 Å². The van der Waals surface area contributed by atoms with Gasteiger partial charge in [-0.3, -0.25) is 14.7 Å². The van der Waals surface area contributed by atoms with E-state index in [0.717, 1.165) is 51.4 Å². The first-order chi connectivity index (χ1) is 9.70. The summed E-state index contributed by atoms with van der Waals surface area (Å²) >= 11 is 0. The van der Waals surface area contributed by atoms with E-state index in [2.05, 4.69) is 14.9 Å². The zero-order chi connectivity index (χ0) is 14.4. The molecular weight excluding hydrogens is 256 g/mol. The molecule has 2 rings (SSSR count). The zero-order valence-corrected chi connectivity index (χ0v) is 12.2. The Hall–Kier alpha value is -1.53. The van der Waals surface area contributed by atoms with Gasteiger partial charge < -0.3 is 9.64 Å². The molecule has 1 saturated heterocycles. The molecule has 0 radical (unpaired) electrons. The molecule has 6 nitrogen and oxygen atoms in total. The lowest BCUT2D eigenvalue weighted by Gasteiger charge is -2.21. The fourth-order valence-corrected chi connectivity index (χ4v) is 2.28. The summed E-state index contributed by atoms with van der Waals surface area (Å²) in [7, 11) is 1.71. The number of hydrogen-bond donors (Lipinski definition) is 0. The third-order valence-electron chi connectivity index (χ3n) is 3.49. The van der Waals surface area contributed by atoms with Gasteiger partial charge in [-0.2, -0.15) is 0 Å². The summed E-state index contributed by atoms with van der Waals surface area (Å²) in [6, 6.07) is 0. The number of aryl methyl sites for hydroxylation is 1. The summed E-state index contributed by atoms with van der Waals surface area (Å²) in [5, 5.41) is 0. The van der Waals surface area contributed by atoms with Crippen molar-refractivity contribution < 1.29 is 9.53 Å². The van der Waals surface area contributed by atoms with Crippen LogP contribution in [0.25, 0.3) is 0 Å². The fourth-order valence-electron chi connectivity index (χ4n) is 2.28. The standard InChI is InChI=1S/C14H22N4O2/c1-12-10-16-13(11-15-12)14(19)18-5-3-4-17(6-7-18)8-9-20-2/h10-11H,3-9H2,1-2H3. The number of aromatic nitrogens is 2. The molecule has 0 aliphatic carbocycles. The minimum Gasteiger partial charge on any atom is -0.383 e. The van der Waals surface area contributed by atoms with Crippen molar-refractivity contribution in [2.45, 2.75) is 13.3 Å². The summed E-state index contributed by atoms with van der Waals surface area (Å²) in [6.45, 7) is 6.91. The number of ether oxygens (including phenoxy) is 1. The molecule has 1 aliphatic heterocycles. The monoisotopic (exact) mass is 278 g/mol. The molecule has 6 heteroatoms. The number of carbonyl (C=O) groups is 1. The van der Waals surface area contributed by atoms with Gasteiger partial charge in [0.05, 0.1) is 18.5 Å². The van der Waals surface area contributed by atoms with E-state index < -0.39 is 0 Å². The number of carbonyl (C=O) groups excluding carboxylic acids is 1. The van der Waals surface area contributed by atoms with Crippen LogP contribution >= 0.6 is 0 Å². The van der Waals surface area contributed by atoms with Gasteiger partial charge in [0, 0.05) is 39.5 Å². The van der Waals surface area contributed by atoms with Crippen molar-refractivity contribution in [3.8, 4) is 0 Å². The van der Waals surface area contributed by atoms with Crippen molar-refractivity contribution in [2.24, 2.45) is 0 Å². The molecule has 1 aromatic heterocycles. The number of methoxy groups -OCH3 is 1. The van der Waals surface area contributed by atoms with Crippen LogP contribution in [0, 0.1) is 6.92 Å². The Morgan fingerprint density at radius 2 is 2.10 bits per heavy atom. The van der Waals surface area contributed by atoms with Crippen molar-refractivity contribution in [1.82, 2.24) is 19.8 Å². The maximum atomic E-state index is 12.4. The number of hydrogen-bond acceptors (Lipinski definition) is 5. The lowest BCUT2D eigenvalue weighted by atomic mass is 10.3. The molecule has 0 atom stereocenters. The van der Waals surface area contributed by atoms with Gasteiger partial charge in [0.15, 0.2) is 0 Å². The first kappa shape index (κ1) is 14.9. The first-order valence-electron chi connectivity index (χ1n) is 7.00. The predicted octanol–water partition coefficient (Wildman–Crippen LogP) is 0.579. The van der Waals surface area contributed by atoms with Crippen LogP contribution in [0.4, 0.5) is 0 Å². The summed E-state index contributed by atoms with van der Waals surface area (Å²) in [5.41, 5.74) is 1.25. The zero-order valence-electron chi connectivity index (χ0n) is 12.2. The van der Waals surface area contributed by atoms with E-state index in [9.17, 15) is 4.79 Å². The first-order valence-corrected chi connectivity index (χ1v) is 7.00. The molecule has 1 aromatic rings.